The van der Waals surface area contributed by atoms with Gasteiger partial charge < -0.3 is 60.4 Å². The van der Waals surface area contributed by atoms with Gasteiger partial charge in [0, 0.05) is 11.8 Å². The summed E-state index contributed by atoms with van der Waals surface area (Å²) in [4.78, 5) is 16.9. The quantitative estimate of drug-likeness (QED) is 0.182. The Hall–Kier alpha value is -1.76. The maximum atomic E-state index is 11.1. The van der Waals surface area contributed by atoms with Gasteiger partial charge in [0.15, 0.2) is 12.6 Å². The summed E-state index contributed by atoms with van der Waals surface area (Å²) < 4.78 is 21.4. The Morgan fingerprint density at radius 3 is 2.06 bits per heavy atom. The van der Waals surface area contributed by atoms with Gasteiger partial charge in [0.2, 0.25) is 0 Å². The molecule has 182 valence electrons. The molecule has 10 atom stereocenters. The highest BCUT2D eigenvalue weighted by atomic mass is 16.7. The predicted molar refractivity (Wildman–Crippen MR) is 100 cm³/mol. The van der Waals surface area contributed by atoms with E-state index in [2.05, 4.69) is 9.97 Å². The topological polar surface area (TPSA) is 250 Å². The van der Waals surface area contributed by atoms with Crippen LogP contribution in [0, 0.1) is 0 Å². The molecule has 15 heteroatoms. The van der Waals surface area contributed by atoms with Crippen molar-refractivity contribution in [2.75, 3.05) is 18.9 Å². The fourth-order valence-electron chi connectivity index (χ4n) is 3.31. The normalized spacial score (nSPS) is 40.3. The number of ether oxygens (including phenoxy) is 4. The first-order valence-corrected chi connectivity index (χ1v) is 9.71. The fourth-order valence-corrected chi connectivity index (χ4v) is 3.31. The minimum atomic E-state index is -1.69. The number of rotatable bonds is 7. The molecule has 3 rings (SSSR count). The minimum Gasteiger partial charge on any atom is -0.394 e. The Labute approximate surface area is 180 Å². The van der Waals surface area contributed by atoms with E-state index in [1.807, 2.05) is 0 Å². The van der Waals surface area contributed by atoms with Crippen LogP contribution in [0.4, 0.5) is 5.82 Å². The highest BCUT2D eigenvalue weighted by Gasteiger charge is 2.47. The lowest BCUT2D eigenvalue weighted by atomic mass is 9.98. The zero-order valence-corrected chi connectivity index (χ0v) is 16.7. The van der Waals surface area contributed by atoms with Crippen LogP contribution in [0.2, 0.25) is 0 Å². The molecule has 32 heavy (non-hydrogen) atoms. The third-order valence-corrected chi connectivity index (χ3v) is 5.27. The van der Waals surface area contributed by atoms with Crippen molar-refractivity contribution in [3.63, 3.8) is 0 Å². The van der Waals surface area contributed by atoms with Crippen molar-refractivity contribution in [3.05, 3.63) is 22.2 Å². The molecule has 1 aromatic rings. The Morgan fingerprint density at radius 2 is 1.47 bits per heavy atom. The lowest BCUT2D eigenvalue weighted by Gasteiger charge is -2.42. The first-order chi connectivity index (χ1) is 15.1. The molecule has 0 aromatic carbocycles. The summed E-state index contributed by atoms with van der Waals surface area (Å²) in [7, 11) is 0. The van der Waals surface area contributed by atoms with Gasteiger partial charge >= 0.3 is 5.69 Å². The van der Waals surface area contributed by atoms with Crippen LogP contribution >= 0.6 is 0 Å². The molecule has 0 aliphatic carbocycles. The van der Waals surface area contributed by atoms with Crippen LogP contribution in [-0.2, 0) is 25.6 Å². The number of H-pyrrole nitrogens is 1. The summed E-state index contributed by atoms with van der Waals surface area (Å²) >= 11 is 0. The molecule has 0 radical (unpaired) electrons. The van der Waals surface area contributed by atoms with E-state index >= 15 is 0 Å². The van der Waals surface area contributed by atoms with Crippen LogP contribution in [0.5, 0.6) is 0 Å². The number of aliphatic hydroxyl groups is 7. The smallest absolute Gasteiger partial charge is 0.346 e. The average Bonchev–Trinajstić information content (AvgIpc) is 2.77. The van der Waals surface area contributed by atoms with E-state index in [9.17, 15) is 40.5 Å². The van der Waals surface area contributed by atoms with Crippen LogP contribution in [0.15, 0.2) is 11.0 Å². The number of aromatic nitrogens is 2. The van der Waals surface area contributed by atoms with Crippen molar-refractivity contribution in [2.24, 2.45) is 0 Å². The molecule has 2 aliphatic rings. The molecule has 15 nitrogen and oxygen atoms in total. The van der Waals surface area contributed by atoms with E-state index < -0.39 is 80.3 Å². The van der Waals surface area contributed by atoms with Crippen LogP contribution < -0.4 is 11.4 Å². The van der Waals surface area contributed by atoms with Crippen molar-refractivity contribution in [2.45, 2.75) is 68.0 Å². The van der Waals surface area contributed by atoms with Gasteiger partial charge in [-0.1, -0.05) is 0 Å². The zero-order valence-electron chi connectivity index (χ0n) is 16.7. The summed E-state index contributed by atoms with van der Waals surface area (Å²) in [6.45, 7) is -1.41. The van der Waals surface area contributed by atoms with E-state index in [0.717, 1.165) is 6.20 Å². The van der Waals surface area contributed by atoms with E-state index in [1.165, 1.54) is 0 Å². The predicted octanol–water partition coefficient (Wildman–Crippen LogP) is -5.51. The van der Waals surface area contributed by atoms with Gasteiger partial charge in [-0.2, -0.15) is 0 Å². The Kier molecular flexibility index (Phi) is 8.12. The first kappa shape index (κ1) is 24.9. The van der Waals surface area contributed by atoms with Gasteiger partial charge in [-0.05, 0) is 0 Å². The average molecular weight is 465 g/mol. The number of nitrogens with zero attached hydrogens (tertiary/aromatic N) is 1. The van der Waals surface area contributed by atoms with Crippen molar-refractivity contribution in [3.8, 4) is 0 Å². The highest BCUT2D eigenvalue weighted by Crippen LogP contribution is 2.26. The van der Waals surface area contributed by atoms with E-state index in [4.69, 9.17) is 24.7 Å². The van der Waals surface area contributed by atoms with Crippen LogP contribution in [0.3, 0.4) is 0 Å². The Morgan fingerprint density at radius 1 is 0.906 bits per heavy atom. The van der Waals surface area contributed by atoms with E-state index in [1.54, 1.807) is 0 Å². The molecule has 10 N–H and O–H groups in total. The summed E-state index contributed by atoms with van der Waals surface area (Å²) in [5.41, 5.74) is 5.26. The second kappa shape index (κ2) is 10.4. The lowest BCUT2D eigenvalue weighted by molar-refractivity contribution is -0.332. The van der Waals surface area contributed by atoms with Gasteiger partial charge in [-0.15, -0.1) is 0 Å². The number of aromatic amines is 1. The third kappa shape index (κ3) is 5.24. The van der Waals surface area contributed by atoms with Gasteiger partial charge in [0.25, 0.3) is 0 Å². The molecule has 0 amide bonds. The molecule has 2 aliphatic heterocycles. The molecule has 2 saturated heterocycles. The van der Waals surface area contributed by atoms with Crippen molar-refractivity contribution >= 4 is 5.82 Å². The van der Waals surface area contributed by atoms with Crippen LogP contribution in [-0.4, -0.2) is 120 Å². The lowest BCUT2D eigenvalue weighted by Crippen LogP contribution is -2.61. The van der Waals surface area contributed by atoms with Crippen molar-refractivity contribution < 1.29 is 54.7 Å². The molecular formula is C17H27N3O12. The van der Waals surface area contributed by atoms with Gasteiger partial charge in [-0.25, -0.2) is 9.78 Å². The van der Waals surface area contributed by atoms with Crippen LogP contribution in [0.1, 0.15) is 5.56 Å². The summed E-state index contributed by atoms with van der Waals surface area (Å²) in [5.74, 6) is -0.0154. The second-order valence-corrected chi connectivity index (χ2v) is 7.48. The Balaban J connectivity index is 1.61. The van der Waals surface area contributed by atoms with E-state index in [0.29, 0.717) is 0 Å². The first-order valence-electron chi connectivity index (χ1n) is 9.71. The van der Waals surface area contributed by atoms with Gasteiger partial charge in [0.1, 0.15) is 54.6 Å². The zero-order chi connectivity index (χ0) is 23.6. The summed E-state index contributed by atoms with van der Waals surface area (Å²) in [5, 5.41) is 69.3. The van der Waals surface area contributed by atoms with Crippen molar-refractivity contribution in [1.29, 1.82) is 0 Å². The second-order valence-electron chi connectivity index (χ2n) is 7.48. The summed E-state index contributed by atoms with van der Waals surface area (Å²) in [6.07, 6.45) is -14.1. The SMILES string of the molecule is Nc1[nH]c(=O)ncc1COC1OC(COC2OC(CO)C(O)C(O)C2O)C(O)C(O)C1O. The summed E-state index contributed by atoms with van der Waals surface area (Å²) in [6, 6.07) is 0. The fraction of sp³-hybridized carbons (Fsp3) is 0.765. The molecular weight excluding hydrogens is 438 g/mol. The maximum Gasteiger partial charge on any atom is 0.346 e. The third-order valence-electron chi connectivity index (χ3n) is 5.27. The number of hydrogen-bond acceptors (Lipinski definition) is 14. The Bertz CT molecular complexity index is 809. The van der Waals surface area contributed by atoms with Crippen LogP contribution in [0.25, 0.3) is 0 Å². The van der Waals surface area contributed by atoms with Gasteiger partial charge in [0.05, 0.1) is 19.8 Å². The number of anilines is 1. The molecule has 3 heterocycles. The molecule has 0 saturated carbocycles. The van der Waals surface area contributed by atoms with Crippen molar-refractivity contribution in [1.82, 2.24) is 9.97 Å². The number of aliphatic hydroxyl groups excluding tert-OH is 7. The number of nitrogens with two attached hydrogens (primary N) is 1. The standard InChI is InChI=1S/C17H27N3O12/c18-14-5(1-19-17(28)20-14)3-29-15-13(27)11(25)9(23)7(32-15)4-30-16-12(26)10(24)8(22)6(2-21)31-16/h1,6-13,15-16,21-27H,2-4H2,(H3,18,19,20,28). The number of hydrogen-bond donors (Lipinski definition) is 9. The maximum absolute atomic E-state index is 11.1. The molecule has 1 aromatic heterocycles. The van der Waals surface area contributed by atoms with E-state index in [-0.39, 0.29) is 18.0 Å². The number of nitrogen functional groups attached to an aromatic ring is 1. The monoisotopic (exact) mass is 465 g/mol. The molecule has 0 spiro atoms. The molecule has 10 unspecified atom stereocenters. The molecule has 2 fully saturated rings. The van der Waals surface area contributed by atoms with Gasteiger partial charge in [-0.3, -0.25) is 4.98 Å². The minimum absolute atomic E-state index is 0.0154. The largest absolute Gasteiger partial charge is 0.394 e. The number of nitrogens with one attached hydrogen (secondary N) is 1. The molecule has 0 bridgehead atoms. The highest BCUT2D eigenvalue weighted by molar-refractivity contribution is 5.35.